The average molecular weight is 246 g/mol. The van der Waals surface area contributed by atoms with Gasteiger partial charge in [-0.1, -0.05) is 15.9 Å². The molecule has 0 N–H and O–H groups in total. The second-order valence-corrected chi connectivity index (χ2v) is 5.77. The quantitative estimate of drug-likeness (QED) is 0.648. The number of rotatable bonds is 1. The maximum absolute atomic E-state index is 12.0. The van der Waals surface area contributed by atoms with Gasteiger partial charge in [0.2, 0.25) is 5.91 Å². The van der Waals surface area contributed by atoms with Crippen molar-refractivity contribution in [2.24, 2.45) is 11.3 Å². The summed E-state index contributed by atoms with van der Waals surface area (Å²) >= 11 is 3.67. The van der Waals surface area contributed by atoms with Gasteiger partial charge in [0.05, 0.1) is 5.41 Å². The number of alkyl halides is 1. The third-order valence-corrected chi connectivity index (χ3v) is 4.87. The maximum Gasteiger partial charge on any atom is 0.229 e. The fourth-order valence-corrected chi connectivity index (χ4v) is 4.10. The van der Waals surface area contributed by atoms with E-state index >= 15 is 0 Å². The summed E-state index contributed by atoms with van der Waals surface area (Å²) < 4.78 is 0. The summed E-state index contributed by atoms with van der Waals surface area (Å²) in [6.45, 7) is 0. The van der Waals surface area contributed by atoms with Gasteiger partial charge in [-0.2, -0.15) is 0 Å². The molecule has 2 saturated carbocycles. The Kier molecular flexibility index (Phi) is 2.17. The van der Waals surface area contributed by atoms with Crippen molar-refractivity contribution in [2.75, 3.05) is 14.1 Å². The van der Waals surface area contributed by atoms with Crippen LogP contribution in [0.3, 0.4) is 0 Å². The van der Waals surface area contributed by atoms with Crippen LogP contribution in [0.2, 0.25) is 0 Å². The van der Waals surface area contributed by atoms with Crippen molar-refractivity contribution in [1.82, 2.24) is 4.90 Å². The van der Waals surface area contributed by atoms with E-state index < -0.39 is 0 Å². The molecule has 0 aromatic heterocycles. The summed E-state index contributed by atoms with van der Waals surface area (Å²) in [4.78, 5) is 14.2. The Labute approximate surface area is 87.8 Å². The molecular weight excluding hydrogens is 230 g/mol. The van der Waals surface area contributed by atoms with Crippen LogP contribution in [0, 0.1) is 11.3 Å². The number of fused-ring (bicyclic) bond motifs is 2. The van der Waals surface area contributed by atoms with Crippen LogP contribution in [0.1, 0.15) is 25.7 Å². The number of halogens is 1. The van der Waals surface area contributed by atoms with Gasteiger partial charge in [-0.25, -0.2) is 0 Å². The minimum atomic E-state index is -0.0475. The van der Waals surface area contributed by atoms with E-state index in [1.807, 2.05) is 14.1 Å². The fourth-order valence-electron chi connectivity index (χ4n) is 2.96. The molecule has 0 aliphatic heterocycles. The average Bonchev–Trinajstić information content (AvgIpc) is 2.60. The van der Waals surface area contributed by atoms with Crippen LogP contribution in [-0.2, 0) is 4.79 Å². The number of hydrogen-bond acceptors (Lipinski definition) is 1. The van der Waals surface area contributed by atoms with Crippen molar-refractivity contribution >= 4 is 21.8 Å². The number of amides is 1. The largest absolute Gasteiger partial charge is 0.348 e. The van der Waals surface area contributed by atoms with Gasteiger partial charge in [-0.05, 0) is 31.6 Å². The molecule has 2 aliphatic rings. The highest BCUT2D eigenvalue weighted by atomic mass is 79.9. The molecule has 0 unspecified atom stereocenters. The number of carbonyl (C=O) groups excluding carboxylic acids is 1. The van der Waals surface area contributed by atoms with Crippen molar-refractivity contribution < 1.29 is 4.79 Å². The molecule has 3 heteroatoms. The van der Waals surface area contributed by atoms with Crippen molar-refractivity contribution in [3.05, 3.63) is 0 Å². The SMILES string of the molecule is CN(C)C(=O)[C@@]12CC[C@@H](C[C@@H]1Br)C2. The van der Waals surface area contributed by atoms with Crippen LogP contribution in [0.4, 0.5) is 0 Å². The molecule has 3 atom stereocenters. The lowest BCUT2D eigenvalue weighted by Crippen LogP contribution is -2.42. The van der Waals surface area contributed by atoms with Crippen LogP contribution in [0.5, 0.6) is 0 Å². The van der Waals surface area contributed by atoms with E-state index in [-0.39, 0.29) is 5.41 Å². The molecule has 2 bridgehead atoms. The first-order valence-corrected chi connectivity index (χ1v) is 5.83. The van der Waals surface area contributed by atoms with E-state index in [4.69, 9.17) is 0 Å². The van der Waals surface area contributed by atoms with E-state index in [2.05, 4.69) is 15.9 Å². The van der Waals surface area contributed by atoms with Crippen molar-refractivity contribution in [1.29, 1.82) is 0 Å². The first-order chi connectivity index (χ1) is 6.06. The topological polar surface area (TPSA) is 20.3 Å². The minimum absolute atomic E-state index is 0.0475. The minimum Gasteiger partial charge on any atom is -0.348 e. The molecule has 0 saturated heterocycles. The molecule has 0 spiro atoms. The highest BCUT2D eigenvalue weighted by Crippen LogP contribution is 2.57. The van der Waals surface area contributed by atoms with Gasteiger partial charge in [-0.3, -0.25) is 4.79 Å². The maximum atomic E-state index is 12.0. The number of nitrogens with zero attached hydrogens (tertiary/aromatic N) is 1. The third kappa shape index (κ3) is 1.24. The second kappa shape index (κ2) is 2.97. The lowest BCUT2D eigenvalue weighted by atomic mass is 9.83. The fraction of sp³-hybridized carbons (Fsp3) is 0.900. The Hall–Kier alpha value is -0.0500. The van der Waals surface area contributed by atoms with Gasteiger partial charge in [0.15, 0.2) is 0 Å². The molecule has 0 aromatic carbocycles. The zero-order chi connectivity index (χ0) is 9.64. The zero-order valence-electron chi connectivity index (χ0n) is 8.22. The van der Waals surface area contributed by atoms with E-state index in [1.54, 1.807) is 4.90 Å². The molecule has 2 aliphatic carbocycles. The normalized spacial score (nSPS) is 42.4. The molecule has 1 amide bonds. The summed E-state index contributed by atoms with van der Waals surface area (Å²) in [6, 6.07) is 0. The van der Waals surface area contributed by atoms with E-state index in [1.165, 1.54) is 12.8 Å². The monoisotopic (exact) mass is 245 g/mol. The molecule has 13 heavy (non-hydrogen) atoms. The van der Waals surface area contributed by atoms with E-state index in [9.17, 15) is 4.79 Å². The molecule has 0 aromatic rings. The Bertz CT molecular complexity index is 241. The van der Waals surface area contributed by atoms with Crippen molar-refractivity contribution in [3.8, 4) is 0 Å². The predicted molar refractivity (Wildman–Crippen MR) is 55.8 cm³/mol. The highest BCUT2D eigenvalue weighted by Gasteiger charge is 2.56. The molecule has 0 radical (unpaired) electrons. The van der Waals surface area contributed by atoms with Gasteiger partial charge in [0, 0.05) is 18.9 Å². The Balaban J connectivity index is 2.24. The van der Waals surface area contributed by atoms with E-state index in [0.29, 0.717) is 10.7 Å². The Morgan fingerprint density at radius 1 is 1.54 bits per heavy atom. The highest BCUT2D eigenvalue weighted by molar-refractivity contribution is 9.09. The first kappa shape index (κ1) is 9.50. The van der Waals surface area contributed by atoms with Gasteiger partial charge in [0.25, 0.3) is 0 Å². The van der Waals surface area contributed by atoms with Crippen LogP contribution in [0.25, 0.3) is 0 Å². The van der Waals surface area contributed by atoms with Gasteiger partial charge in [-0.15, -0.1) is 0 Å². The standard InChI is InChI=1S/C10H16BrNO/c1-12(2)9(13)10-4-3-7(6-10)5-8(10)11/h7-8H,3-6H2,1-2H3/t7-,8-,10+/m0/s1. The lowest BCUT2D eigenvalue weighted by Gasteiger charge is -2.32. The van der Waals surface area contributed by atoms with Crippen LogP contribution in [0.15, 0.2) is 0 Å². The lowest BCUT2D eigenvalue weighted by molar-refractivity contribution is -0.138. The van der Waals surface area contributed by atoms with E-state index in [0.717, 1.165) is 18.8 Å². The van der Waals surface area contributed by atoms with Gasteiger partial charge in [0.1, 0.15) is 0 Å². The molecule has 2 rings (SSSR count). The molecule has 2 fully saturated rings. The summed E-state index contributed by atoms with van der Waals surface area (Å²) in [5.41, 5.74) is -0.0475. The summed E-state index contributed by atoms with van der Waals surface area (Å²) in [6.07, 6.45) is 4.64. The first-order valence-electron chi connectivity index (χ1n) is 4.92. The molecule has 74 valence electrons. The van der Waals surface area contributed by atoms with Crippen LogP contribution >= 0.6 is 15.9 Å². The predicted octanol–water partition coefficient (Wildman–Crippen LogP) is 2.03. The number of carbonyl (C=O) groups is 1. The van der Waals surface area contributed by atoms with Crippen LogP contribution < -0.4 is 0 Å². The smallest absolute Gasteiger partial charge is 0.229 e. The summed E-state index contributed by atoms with van der Waals surface area (Å²) in [5.74, 6) is 1.13. The Morgan fingerprint density at radius 3 is 2.62 bits per heavy atom. The molecule has 0 heterocycles. The Morgan fingerprint density at radius 2 is 2.23 bits per heavy atom. The summed E-state index contributed by atoms with van der Waals surface area (Å²) in [7, 11) is 3.73. The summed E-state index contributed by atoms with van der Waals surface area (Å²) in [5, 5.41) is 0. The molecule has 2 nitrogen and oxygen atoms in total. The van der Waals surface area contributed by atoms with Crippen molar-refractivity contribution in [2.45, 2.75) is 30.5 Å². The molecular formula is C10H16BrNO. The number of hydrogen-bond donors (Lipinski definition) is 0. The van der Waals surface area contributed by atoms with Gasteiger partial charge >= 0.3 is 0 Å². The zero-order valence-corrected chi connectivity index (χ0v) is 9.80. The second-order valence-electron chi connectivity index (χ2n) is 4.67. The third-order valence-electron chi connectivity index (χ3n) is 3.62. The van der Waals surface area contributed by atoms with Crippen LogP contribution in [-0.4, -0.2) is 29.7 Å². The van der Waals surface area contributed by atoms with Gasteiger partial charge < -0.3 is 4.90 Å². The van der Waals surface area contributed by atoms with Crippen molar-refractivity contribution in [3.63, 3.8) is 0 Å².